The van der Waals surface area contributed by atoms with E-state index in [1.54, 1.807) is 0 Å². The minimum Gasteiger partial charge on any atom is -0.348 e. The smallest absolute Gasteiger partial charge is 0.251 e. The van der Waals surface area contributed by atoms with Gasteiger partial charge in [-0.25, -0.2) is 0 Å². The molecule has 0 bridgehead atoms. The Hall–Kier alpha value is -2.37. The number of amides is 2. The molecule has 6 heteroatoms. The van der Waals surface area contributed by atoms with Gasteiger partial charge in [-0.1, -0.05) is 56.8 Å². The quantitative estimate of drug-likeness (QED) is 0.656. The minimum atomic E-state index is -0.129. The van der Waals surface area contributed by atoms with E-state index in [0.717, 1.165) is 42.6 Å². The number of halogens is 1. The molecule has 0 fully saturated rings. The number of rotatable bonds is 4. The van der Waals surface area contributed by atoms with Gasteiger partial charge < -0.3 is 15.5 Å². The summed E-state index contributed by atoms with van der Waals surface area (Å²) in [5, 5.41) is 7.15. The second kappa shape index (κ2) is 12.0. The SMILES string of the molecule is CC(C)C(=O)N1CCCCCCCNCc2cc(C(=O)NCc3ccc(Cl)cc3)ccc21. The van der Waals surface area contributed by atoms with E-state index in [4.69, 9.17) is 11.6 Å². The number of nitrogens with zero attached hydrogens (tertiary/aromatic N) is 1. The van der Waals surface area contributed by atoms with Crippen LogP contribution in [0.25, 0.3) is 0 Å². The molecule has 0 aromatic heterocycles. The summed E-state index contributed by atoms with van der Waals surface area (Å²) in [5.41, 5.74) is 3.48. The first-order valence-corrected chi connectivity index (χ1v) is 12.0. The summed E-state index contributed by atoms with van der Waals surface area (Å²) < 4.78 is 0. The second-order valence-electron chi connectivity index (χ2n) is 8.74. The zero-order valence-corrected chi connectivity index (χ0v) is 19.9. The summed E-state index contributed by atoms with van der Waals surface area (Å²) in [6.07, 6.45) is 5.67. The molecule has 0 radical (unpaired) electrons. The molecule has 0 saturated heterocycles. The monoisotopic (exact) mass is 455 g/mol. The van der Waals surface area contributed by atoms with E-state index in [-0.39, 0.29) is 17.7 Å². The highest BCUT2D eigenvalue weighted by molar-refractivity contribution is 6.30. The molecule has 5 nitrogen and oxygen atoms in total. The van der Waals surface area contributed by atoms with Crippen LogP contribution in [0.1, 0.15) is 67.4 Å². The van der Waals surface area contributed by atoms with Crippen LogP contribution in [-0.4, -0.2) is 24.9 Å². The van der Waals surface area contributed by atoms with Crippen molar-refractivity contribution in [2.75, 3.05) is 18.0 Å². The Morgan fingerprint density at radius 3 is 2.50 bits per heavy atom. The molecule has 2 amide bonds. The van der Waals surface area contributed by atoms with Crippen molar-refractivity contribution in [3.8, 4) is 0 Å². The van der Waals surface area contributed by atoms with Gasteiger partial charge in [0.15, 0.2) is 0 Å². The predicted molar refractivity (Wildman–Crippen MR) is 131 cm³/mol. The molecular weight excluding hydrogens is 422 g/mol. The van der Waals surface area contributed by atoms with Gasteiger partial charge in [-0.2, -0.15) is 0 Å². The van der Waals surface area contributed by atoms with E-state index in [9.17, 15) is 9.59 Å². The Morgan fingerprint density at radius 1 is 1.03 bits per heavy atom. The van der Waals surface area contributed by atoms with Crippen molar-refractivity contribution in [2.24, 2.45) is 5.92 Å². The summed E-state index contributed by atoms with van der Waals surface area (Å²) in [4.78, 5) is 27.7. The van der Waals surface area contributed by atoms with Crippen LogP contribution in [0.3, 0.4) is 0 Å². The first kappa shape index (κ1) is 24.3. The number of nitrogens with one attached hydrogen (secondary N) is 2. The van der Waals surface area contributed by atoms with Gasteiger partial charge in [-0.15, -0.1) is 0 Å². The summed E-state index contributed by atoms with van der Waals surface area (Å²) in [7, 11) is 0. The van der Waals surface area contributed by atoms with Crippen LogP contribution >= 0.6 is 11.6 Å². The van der Waals surface area contributed by atoms with Crippen LogP contribution in [0.15, 0.2) is 42.5 Å². The molecule has 0 aliphatic carbocycles. The van der Waals surface area contributed by atoms with Crippen LogP contribution < -0.4 is 15.5 Å². The molecule has 1 aliphatic heterocycles. The maximum atomic E-state index is 13.0. The van der Waals surface area contributed by atoms with E-state index < -0.39 is 0 Å². The highest BCUT2D eigenvalue weighted by atomic mass is 35.5. The third-order valence-electron chi connectivity index (χ3n) is 5.81. The molecule has 3 rings (SSSR count). The Labute approximate surface area is 196 Å². The number of carbonyl (C=O) groups excluding carboxylic acids is 2. The second-order valence-corrected chi connectivity index (χ2v) is 9.18. The highest BCUT2D eigenvalue weighted by Gasteiger charge is 2.22. The van der Waals surface area contributed by atoms with Crippen molar-refractivity contribution in [2.45, 2.75) is 59.0 Å². The Morgan fingerprint density at radius 2 is 1.75 bits per heavy atom. The molecule has 0 saturated carbocycles. The van der Waals surface area contributed by atoms with Crippen LogP contribution in [0.4, 0.5) is 5.69 Å². The molecule has 0 spiro atoms. The maximum Gasteiger partial charge on any atom is 0.251 e. The topological polar surface area (TPSA) is 61.4 Å². The van der Waals surface area contributed by atoms with E-state index >= 15 is 0 Å². The molecular formula is C26H34ClN3O2. The van der Waals surface area contributed by atoms with Gasteiger partial charge in [-0.05, 0) is 60.8 Å². The average molecular weight is 456 g/mol. The summed E-state index contributed by atoms with van der Waals surface area (Å²) in [6.45, 7) is 6.60. The zero-order chi connectivity index (χ0) is 22.9. The lowest BCUT2D eigenvalue weighted by Gasteiger charge is -2.28. The summed E-state index contributed by atoms with van der Waals surface area (Å²) in [6, 6.07) is 13.1. The van der Waals surface area contributed by atoms with E-state index in [0.29, 0.717) is 30.2 Å². The van der Waals surface area contributed by atoms with Crippen molar-refractivity contribution in [1.29, 1.82) is 0 Å². The largest absolute Gasteiger partial charge is 0.348 e. The van der Waals surface area contributed by atoms with Gasteiger partial charge >= 0.3 is 0 Å². The fraction of sp³-hybridized carbons (Fsp3) is 0.462. The van der Waals surface area contributed by atoms with E-state index in [2.05, 4.69) is 10.6 Å². The van der Waals surface area contributed by atoms with Crippen LogP contribution in [-0.2, 0) is 17.9 Å². The van der Waals surface area contributed by atoms with Gasteiger partial charge in [0.2, 0.25) is 5.91 Å². The Balaban J connectivity index is 1.82. The lowest BCUT2D eigenvalue weighted by atomic mass is 10.0. The summed E-state index contributed by atoms with van der Waals surface area (Å²) in [5.74, 6) is -0.0788. The third kappa shape index (κ3) is 6.81. The standard InChI is InChI=1S/C26H34ClN3O2/c1-19(2)26(32)30-15-7-5-3-4-6-14-28-18-22-16-21(10-13-24(22)30)25(31)29-17-20-8-11-23(27)12-9-20/h8-13,16,19,28H,3-7,14-15,17-18H2,1-2H3,(H,29,31). The number of anilines is 1. The lowest BCUT2D eigenvalue weighted by molar-refractivity contribution is -0.121. The maximum absolute atomic E-state index is 13.0. The predicted octanol–water partition coefficient (Wildman–Crippen LogP) is 5.31. The number of carbonyl (C=O) groups is 2. The van der Waals surface area contributed by atoms with Crippen molar-refractivity contribution >= 4 is 29.1 Å². The first-order valence-electron chi connectivity index (χ1n) is 11.6. The van der Waals surface area contributed by atoms with Crippen LogP contribution in [0.2, 0.25) is 5.02 Å². The molecule has 1 aliphatic rings. The molecule has 172 valence electrons. The molecule has 2 aromatic rings. The third-order valence-corrected chi connectivity index (χ3v) is 6.06. The summed E-state index contributed by atoms with van der Waals surface area (Å²) >= 11 is 5.94. The van der Waals surface area contributed by atoms with Crippen LogP contribution in [0.5, 0.6) is 0 Å². The minimum absolute atomic E-state index is 0.0777. The average Bonchev–Trinajstić information content (AvgIpc) is 2.78. The molecule has 32 heavy (non-hydrogen) atoms. The van der Waals surface area contributed by atoms with Gasteiger partial charge in [0, 0.05) is 41.8 Å². The molecule has 0 unspecified atom stereocenters. The van der Waals surface area contributed by atoms with E-state index in [1.165, 1.54) is 12.8 Å². The number of hydrogen-bond acceptors (Lipinski definition) is 3. The molecule has 2 aromatic carbocycles. The first-order chi connectivity index (χ1) is 15.5. The fourth-order valence-corrected chi connectivity index (χ4v) is 4.08. The normalized spacial score (nSPS) is 15.4. The molecule has 0 atom stereocenters. The van der Waals surface area contributed by atoms with Gasteiger partial charge in [-0.3, -0.25) is 9.59 Å². The van der Waals surface area contributed by atoms with Gasteiger partial charge in [0.25, 0.3) is 5.91 Å². The Bertz CT molecular complexity index is 912. The number of hydrogen-bond donors (Lipinski definition) is 2. The van der Waals surface area contributed by atoms with Crippen molar-refractivity contribution < 1.29 is 9.59 Å². The molecule has 1 heterocycles. The lowest BCUT2D eigenvalue weighted by Crippen LogP contribution is -2.36. The Kier molecular flexibility index (Phi) is 9.12. The van der Waals surface area contributed by atoms with Crippen LogP contribution in [0, 0.1) is 5.92 Å². The van der Waals surface area contributed by atoms with Gasteiger partial charge in [0.1, 0.15) is 0 Å². The molecule has 2 N–H and O–H groups in total. The van der Waals surface area contributed by atoms with Crippen molar-refractivity contribution in [3.05, 3.63) is 64.2 Å². The highest BCUT2D eigenvalue weighted by Crippen LogP contribution is 2.25. The van der Waals surface area contributed by atoms with Crippen molar-refractivity contribution in [1.82, 2.24) is 10.6 Å². The fourth-order valence-electron chi connectivity index (χ4n) is 3.95. The van der Waals surface area contributed by atoms with E-state index in [1.807, 2.05) is 61.2 Å². The zero-order valence-electron chi connectivity index (χ0n) is 19.1. The van der Waals surface area contributed by atoms with Crippen molar-refractivity contribution in [3.63, 3.8) is 0 Å². The number of benzene rings is 2. The van der Waals surface area contributed by atoms with Gasteiger partial charge in [0.05, 0.1) is 0 Å². The number of fused-ring (bicyclic) bond motifs is 1.